The maximum Gasteiger partial charge on any atom is 0.343 e. The summed E-state index contributed by atoms with van der Waals surface area (Å²) < 4.78 is 17.5. The molecule has 0 fully saturated rings. The Bertz CT molecular complexity index is 1720. The molecule has 0 saturated carbocycles. The Kier molecular flexibility index (Phi) is 17.4. The summed E-state index contributed by atoms with van der Waals surface area (Å²) in [6.45, 7) is 4.79. The molecule has 0 spiro atoms. The highest BCUT2D eigenvalue weighted by atomic mass is 35.5. The van der Waals surface area contributed by atoms with Crippen molar-refractivity contribution in [3.05, 3.63) is 107 Å². The van der Waals surface area contributed by atoms with Crippen LogP contribution >= 0.6 is 11.6 Å². The Morgan fingerprint density at radius 3 is 1.81 bits per heavy atom. The number of halogens is 1. The third-order valence-electron chi connectivity index (χ3n) is 9.19. The van der Waals surface area contributed by atoms with E-state index in [0.717, 1.165) is 80.2 Å². The fourth-order valence-corrected chi connectivity index (χ4v) is 6.25. The summed E-state index contributed by atoms with van der Waals surface area (Å²) in [6.07, 6.45) is 14.5. The van der Waals surface area contributed by atoms with Crippen molar-refractivity contribution in [1.29, 1.82) is 0 Å². The Morgan fingerprint density at radius 2 is 1.21 bits per heavy atom. The number of hydrogen-bond acceptors (Lipinski definition) is 7. The van der Waals surface area contributed by atoms with E-state index in [-0.39, 0.29) is 22.8 Å². The van der Waals surface area contributed by atoms with Gasteiger partial charge in [0.15, 0.2) is 5.75 Å². The number of hydrogen-bond donors (Lipinski definition) is 0. The van der Waals surface area contributed by atoms with Crippen LogP contribution in [-0.2, 0) is 4.79 Å². The molecule has 0 N–H and O–H groups in total. The van der Waals surface area contributed by atoms with Crippen molar-refractivity contribution in [2.45, 2.75) is 110 Å². The molecule has 9 heteroatoms. The standard InChI is InChI=1S/C44H52ClNO7/c1-3-4-5-12-15-33(2)52-42-30-25-38(32-41(42)46(49)50)36-17-19-37(20-18-36)44(48)53-40-28-23-35(24-29-40)34-21-26-39(27-22-34)51-31-14-11-9-7-6-8-10-13-16-43(45)47/h17-30,32-33H,3-16,31H2,1-2H3/t33-/m1/s1. The Morgan fingerprint density at radius 1 is 0.679 bits per heavy atom. The van der Waals surface area contributed by atoms with E-state index in [1.807, 2.05) is 43.3 Å². The average molecular weight is 742 g/mol. The van der Waals surface area contributed by atoms with Crippen molar-refractivity contribution in [2.75, 3.05) is 6.61 Å². The van der Waals surface area contributed by atoms with Crippen molar-refractivity contribution < 1.29 is 28.7 Å². The predicted molar refractivity (Wildman–Crippen MR) is 212 cm³/mol. The molecule has 0 aliphatic carbocycles. The minimum atomic E-state index is -0.495. The van der Waals surface area contributed by atoms with Crippen LogP contribution in [0.2, 0.25) is 0 Å². The largest absolute Gasteiger partial charge is 0.494 e. The quantitative estimate of drug-likeness (QED) is 0.0176. The van der Waals surface area contributed by atoms with Crippen LogP contribution in [0.5, 0.6) is 17.2 Å². The van der Waals surface area contributed by atoms with Gasteiger partial charge in [-0.05, 0) is 109 Å². The lowest BCUT2D eigenvalue weighted by Crippen LogP contribution is -2.12. The Labute approximate surface area is 319 Å². The Hall–Kier alpha value is -4.69. The van der Waals surface area contributed by atoms with Gasteiger partial charge in [-0.2, -0.15) is 0 Å². The van der Waals surface area contributed by atoms with E-state index in [1.54, 1.807) is 48.5 Å². The number of unbranched alkanes of at least 4 members (excludes halogenated alkanes) is 10. The van der Waals surface area contributed by atoms with Gasteiger partial charge in [0.1, 0.15) is 11.5 Å². The molecule has 0 aromatic heterocycles. The van der Waals surface area contributed by atoms with Crippen LogP contribution in [0.15, 0.2) is 91.0 Å². The third-order valence-corrected chi connectivity index (χ3v) is 9.38. The third kappa shape index (κ3) is 14.3. The number of carbonyl (C=O) groups is 2. The average Bonchev–Trinajstić information content (AvgIpc) is 3.16. The summed E-state index contributed by atoms with van der Waals surface area (Å²) in [4.78, 5) is 35.1. The van der Waals surface area contributed by atoms with Crippen LogP contribution in [-0.4, -0.2) is 28.8 Å². The monoisotopic (exact) mass is 741 g/mol. The van der Waals surface area contributed by atoms with Gasteiger partial charge >= 0.3 is 11.7 Å². The zero-order valence-corrected chi connectivity index (χ0v) is 31.8. The molecule has 53 heavy (non-hydrogen) atoms. The van der Waals surface area contributed by atoms with Gasteiger partial charge in [0.05, 0.1) is 23.2 Å². The summed E-state index contributed by atoms with van der Waals surface area (Å²) in [5.41, 5.74) is 3.69. The normalized spacial score (nSPS) is 11.5. The second kappa shape index (κ2) is 22.4. The molecule has 0 saturated heterocycles. The van der Waals surface area contributed by atoms with Crippen molar-refractivity contribution >= 4 is 28.5 Å². The maximum absolute atomic E-state index is 12.9. The Balaban J connectivity index is 1.21. The van der Waals surface area contributed by atoms with Crippen LogP contribution in [0, 0.1) is 10.1 Å². The molecule has 4 aromatic rings. The van der Waals surface area contributed by atoms with Crippen molar-refractivity contribution in [1.82, 2.24) is 0 Å². The van der Waals surface area contributed by atoms with E-state index in [4.69, 9.17) is 25.8 Å². The molecule has 1 atom stereocenters. The number of nitrogens with zero attached hydrogens (tertiary/aromatic N) is 1. The second-order valence-corrected chi connectivity index (χ2v) is 13.9. The van der Waals surface area contributed by atoms with Crippen LogP contribution < -0.4 is 14.2 Å². The zero-order valence-electron chi connectivity index (χ0n) is 31.0. The van der Waals surface area contributed by atoms with Gasteiger partial charge in [-0.25, -0.2) is 4.79 Å². The van der Waals surface area contributed by atoms with Crippen LogP contribution in [0.25, 0.3) is 22.3 Å². The lowest BCUT2D eigenvalue weighted by molar-refractivity contribution is -0.386. The first kappa shape index (κ1) is 41.1. The lowest BCUT2D eigenvalue weighted by atomic mass is 10.0. The van der Waals surface area contributed by atoms with Gasteiger partial charge in [0.2, 0.25) is 5.24 Å². The van der Waals surface area contributed by atoms with Gasteiger partial charge in [0.25, 0.3) is 0 Å². The smallest absolute Gasteiger partial charge is 0.343 e. The summed E-state index contributed by atoms with van der Waals surface area (Å²) in [6, 6.07) is 27.1. The van der Waals surface area contributed by atoms with E-state index < -0.39 is 10.9 Å². The van der Waals surface area contributed by atoms with Gasteiger partial charge in [-0.1, -0.05) is 107 Å². The predicted octanol–water partition coefficient (Wildman–Crippen LogP) is 12.5. The van der Waals surface area contributed by atoms with Crippen molar-refractivity contribution in [3.8, 4) is 39.5 Å². The number of rotatable bonds is 24. The minimum Gasteiger partial charge on any atom is -0.494 e. The number of esters is 1. The zero-order chi connectivity index (χ0) is 37.8. The fraction of sp³-hybridized carbons (Fsp3) is 0.409. The molecule has 0 heterocycles. The molecule has 282 valence electrons. The first-order chi connectivity index (χ1) is 25.7. The van der Waals surface area contributed by atoms with E-state index in [2.05, 4.69) is 6.92 Å². The summed E-state index contributed by atoms with van der Waals surface area (Å²) in [5, 5.41) is 11.6. The van der Waals surface area contributed by atoms with Gasteiger partial charge < -0.3 is 14.2 Å². The highest BCUT2D eigenvalue weighted by Crippen LogP contribution is 2.34. The fourth-order valence-electron chi connectivity index (χ4n) is 6.11. The molecule has 8 nitrogen and oxygen atoms in total. The number of benzene rings is 4. The van der Waals surface area contributed by atoms with E-state index >= 15 is 0 Å². The topological polar surface area (TPSA) is 105 Å². The summed E-state index contributed by atoms with van der Waals surface area (Å²) in [5.74, 6) is 1.03. The van der Waals surface area contributed by atoms with Gasteiger partial charge in [-0.3, -0.25) is 14.9 Å². The molecule has 0 aliphatic heterocycles. The van der Waals surface area contributed by atoms with Crippen LogP contribution in [0.3, 0.4) is 0 Å². The minimum absolute atomic E-state index is 0.0837. The number of carbonyl (C=O) groups excluding carboxylic acids is 2. The molecule has 0 amide bonds. The molecule has 0 aliphatic rings. The first-order valence-electron chi connectivity index (χ1n) is 19.0. The molecular weight excluding hydrogens is 690 g/mol. The highest BCUT2D eigenvalue weighted by Gasteiger charge is 2.19. The van der Waals surface area contributed by atoms with Gasteiger partial charge in [0, 0.05) is 12.5 Å². The summed E-state index contributed by atoms with van der Waals surface area (Å²) in [7, 11) is 0. The van der Waals surface area contributed by atoms with Crippen molar-refractivity contribution in [3.63, 3.8) is 0 Å². The number of nitro benzene ring substituents is 1. The molecular formula is C44H52ClNO7. The van der Waals surface area contributed by atoms with Crippen LogP contribution in [0.1, 0.15) is 114 Å². The second-order valence-electron chi connectivity index (χ2n) is 13.5. The van der Waals surface area contributed by atoms with E-state index in [9.17, 15) is 19.7 Å². The van der Waals surface area contributed by atoms with Crippen molar-refractivity contribution in [2.24, 2.45) is 0 Å². The number of nitro groups is 1. The van der Waals surface area contributed by atoms with E-state index in [1.165, 1.54) is 31.7 Å². The molecule has 4 aromatic carbocycles. The van der Waals surface area contributed by atoms with Crippen LogP contribution in [0.4, 0.5) is 5.69 Å². The maximum atomic E-state index is 12.9. The van der Waals surface area contributed by atoms with Gasteiger partial charge in [-0.15, -0.1) is 0 Å². The van der Waals surface area contributed by atoms with E-state index in [0.29, 0.717) is 29.9 Å². The highest BCUT2D eigenvalue weighted by molar-refractivity contribution is 6.63. The molecule has 0 bridgehead atoms. The molecule has 0 unspecified atom stereocenters. The molecule has 4 rings (SSSR count). The lowest BCUT2D eigenvalue weighted by Gasteiger charge is -2.15. The molecule has 0 radical (unpaired) electrons. The first-order valence-corrected chi connectivity index (χ1v) is 19.4. The SMILES string of the molecule is CCCCCC[C@@H](C)Oc1ccc(-c2ccc(C(=O)Oc3ccc(-c4ccc(OCCCCCCCCCCC(=O)Cl)cc4)cc3)cc2)cc1[N+](=O)[O-]. The summed E-state index contributed by atoms with van der Waals surface area (Å²) >= 11 is 5.37. The number of ether oxygens (including phenoxy) is 3.